The highest BCUT2D eigenvalue weighted by Crippen LogP contribution is 2.31. The van der Waals surface area contributed by atoms with Gasteiger partial charge in [-0.1, -0.05) is 17.7 Å². The first-order valence-electron chi connectivity index (χ1n) is 7.76. The Morgan fingerprint density at radius 2 is 2.08 bits per heavy atom. The molecule has 1 aliphatic heterocycles. The Kier molecular flexibility index (Phi) is 5.17. The Bertz CT molecular complexity index is 876. The van der Waals surface area contributed by atoms with Gasteiger partial charge in [-0.05, 0) is 43.8 Å². The van der Waals surface area contributed by atoms with Crippen LogP contribution >= 0.6 is 11.6 Å². The summed E-state index contributed by atoms with van der Waals surface area (Å²) in [6.07, 6.45) is 0.893. The number of likely N-dealkylation sites (N-methyl/N-ethyl adjacent to an activating group) is 1. The summed E-state index contributed by atoms with van der Waals surface area (Å²) in [5.74, 6) is -0.199. The molecular formula is C17H18ClFN2O3S. The van der Waals surface area contributed by atoms with Crippen LogP contribution in [0.2, 0.25) is 5.02 Å². The van der Waals surface area contributed by atoms with E-state index >= 15 is 0 Å². The first kappa shape index (κ1) is 18.0. The molecule has 2 aromatic carbocycles. The molecule has 0 aromatic heterocycles. The zero-order valence-corrected chi connectivity index (χ0v) is 15.1. The highest BCUT2D eigenvalue weighted by molar-refractivity contribution is 7.92. The third-order valence-corrected chi connectivity index (χ3v) is 5.62. The maximum absolute atomic E-state index is 13.3. The minimum Gasteiger partial charge on any atom is -0.487 e. The number of halogens is 2. The molecule has 1 N–H and O–H groups in total. The molecule has 0 unspecified atom stereocenters. The van der Waals surface area contributed by atoms with Gasteiger partial charge < -0.3 is 9.64 Å². The van der Waals surface area contributed by atoms with Crippen molar-refractivity contribution >= 4 is 27.3 Å². The van der Waals surface area contributed by atoms with Crippen molar-refractivity contribution in [2.24, 2.45) is 0 Å². The van der Waals surface area contributed by atoms with E-state index in [-0.39, 0.29) is 11.0 Å². The summed E-state index contributed by atoms with van der Waals surface area (Å²) in [4.78, 5) is 2.00. The van der Waals surface area contributed by atoms with E-state index in [1.54, 1.807) is 6.07 Å². The molecule has 2 aromatic rings. The first-order valence-corrected chi connectivity index (χ1v) is 9.63. The van der Waals surface area contributed by atoms with Gasteiger partial charge in [-0.25, -0.2) is 12.8 Å². The van der Waals surface area contributed by atoms with Crippen LogP contribution in [0.25, 0.3) is 0 Å². The second-order valence-corrected chi connectivity index (χ2v) is 8.09. The molecule has 0 spiro atoms. The van der Waals surface area contributed by atoms with E-state index in [9.17, 15) is 12.8 Å². The Morgan fingerprint density at radius 1 is 1.28 bits per heavy atom. The molecule has 0 aliphatic carbocycles. The summed E-state index contributed by atoms with van der Waals surface area (Å²) in [7, 11) is -1.89. The monoisotopic (exact) mass is 384 g/mol. The zero-order chi connectivity index (χ0) is 18.0. The summed E-state index contributed by atoms with van der Waals surface area (Å²) in [6.45, 7) is 1.73. The lowest BCUT2D eigenvalue weighted by Crippen LogP contribution is -2.21. The van der Waals surface area contributed by atoms with E-state index in [0.29, 0.717) is 16.5 Å². The molecular weight excluding hydrogens is 367 g/mol. The molecule has 5 nitrogen and oxygen atoms in total. The van der Waals surface area contributed by atoms with E-state index in [4.69, 9.17) is 16.3 Å². The average Bonchev–Trinajstić information content (AvgIpc) is 2.95. The molecule has 1 aliphatic rings. The van der Waals surface area contributed by atoms with Crippen LogP contribution in [0, 0.1) is 5.82 Å². The van der Waals surface area contributed by atoms with Gasteiger partial charge in [-0.2, -0.15) is 0 Å². The van der Waals surface area contributed by atoms with E-state index in [2.05, 4.69) is 9.62 Å². The molecule has 0 radical (unpaired) electrons. The van der Waals surface area contributed by atoms with Crippen molar-refractivity contribution in [2.45, 2.75) is 17.4 Å². The number of rotatable bonds is 5. The second kappa shape index (κ2) is 7.19. The van der Waals surface area contributed by atoms with Gasteiger partial charge >= 0.3 is 0 Å². The summed E-state index contributed by atoms with van der Waals surface area (Å²) < 4.78 is 46.3. The Labute approximate surface area is 151 Å². The fraction of sp³-hybridized carbons (Fsp3) is 0.294. The highest BCUT2D eigenvalue weighted by Gasteiger charge is 2.22. The van der Waals surface area contributed by atoms with Crippen molar-refractivity contribution in [2.75, 3.05) is 24.9 Å². The van der Waals surface area contributed by atoms with Crippen LogP contribution in [0.3, 0.4) is 0 Å². The molecule has 0 saturated carbocycles. The summed E-state index contributed by atoms with van der Waals surface area (Å²) in [6, 6.07) is 9.46. The Morgan fingerprint density at radius 3 is 2.76 bits per heavy atom. The van der Waals surface area contributed by atoms with Crippen LogP contribution in [0.1, 0.15) is 6.42 Å². The molecule has 3 rings (SSSR count). The Balaban J connectivity index is 1.80. The predicted octanol–water partition coefficient (Wildman–Crippen LogP) is 3.36. The number of nitrogens with one attached hydrogen (secondary N) is 1. The van der Waals surface area contributed by atoms with Gasteiger partial charge in [0.15, 0.2) is 0 Å². The lowest BCUT2D eigenvalue weighted by Gasteiger charge is -2.16. The molecule has 8 heteroatoms. The molecule has 1 fully saturated rings. The molecule has 1 heterocycles. The second-order valence-electron chi connectivity index (χ2n) is 6.00. The minimum absolute atomic E-state index is 0.0116. The van der Waals surface area contributed by atoms with Gasteiger partial charge in [-0.3, -0.25) is 4.72 Å². The van der Waals surface area contributed by atoms with Crippen molar-refractivity contribution in [1.82, 2.24) is 4.90 Å². The molecule has 25 heavy (non-hydrogen) atoms. The van der Waals surface area contributed by atoms with E-state index in [1.807, 2.05) is 7.05 Å². The highest BCUT2D eigenvalue weighted by atomic mass is 35.5. The van der Waals surface area contributed by atoms with E-state index < -0.39 is 15.8 Å². The largest absolute Gasteiger partial charge is 0.487 e. The molecule has 0 amide bonds. The van der Waals surface area contributed by atoms with Crippen molar-refractivity contribution in [1.29, 1.82) is 0 Å². The molecule has 134 valence electrons. The number of ether oxygens (including phenoxy) is 1. The van der Waals surface area contributed by atoms with Crippen LogP contribution in [-0.2, 0) is 10.0 Å². The fourth-order valence-corrected chi connectivity index (χ4v) is 3.92. The first-order chi connectivity index (χ1) is 11.8. The van der Waals surface area contributed by atoms with Crippen molar-refractivity contribution in [3.8, 4) is 5.75 Å². The fourth-order valence-electron chi connectivity index (χ4n) is 2.68. The number of sulfonamides is 1. The van der Waals surface area contributed by atoms with Crippen molar-refractivity contribution in [3.05, 3.63) is 53.3 Å². The van der Waals surface area contributed by atoms with Gasteiger partial charge in [0.2, 0.25) is 0 Å². The molecule has 0 bridgehead atoms. The van der Waals surface area contributed by atoms with Crippen LogP contribution in [0.5, 0.6) is 5.75 Å². The van der Waals surface area contributed by atoms with Gasteiger partial charge in [0, 0.05) is 19.2 Å². The smallest absolute Gasteiger partial charge is 0.261 e. The topological polar surface area (TPSA) is 58.6 Å². The third-order valence-electron chi connectivity index (χ3n) is 3.93. The number of hydrogen-bond donors (Lipinski definition) is 1. The standard InChI is InChI=1S/C17H18ClFN2O3S/c1-21-8-7-14(11-21)24-17-10-13(5-6-16(17)18)20-25(22,23)15-4-2-3-12(19)9-15/h2-6,9-10,14,20H,7-8,11H2,1H3/t14-/m0/s1. The predicted molar refractivity (Wildman–Crippen MR) is 95.2 cm³/mol. The number of likely N-dealkylation sites (tertiary alicyclic amines) is 1. The maximum atomic E-state index is 13.3. The minimum atomic E-state index is -3.90. The number of benzene rings is 2. The zero-order valence-electron chi connectivity index (χ0n) is 13.6. The van der Waals surface area contributed by atoms with Gasteiger partial charge in [0.1, 0.15) is 17.7 Å². The number of nitrogens with zero attached hydrogens (tertiary/aromatic N) is 1. The van der Waals surface area contributed by atoms with Gasteiger partial charge in [0.05, 0.1) is 15.6 Å². The van der Waals surface area contributed by atoms with Crippen LogP contribution in [0.15, 0.2) is 47.4 Å². The number of anilines is 1. The van der Waals surface area contributed by atoms with Crippen molar-refractivity contribution in [3.63, 3.8) is 0 Å². The summed E-state index contributed by atoms with van der Waals surface area (Å²) in [5, 5.41) is 0.406. The lowest BCUT2D eigenvalue weighted by atomic mass is 10.3. The quantitative estimate of drug-likeness (QED) is 0.858. The number of hydrogen-bond acceptors (Lipinski definition) is 4. The third kappa shape index (κ3) is 4.42. The molecule has 1 saturated heterocycles. The summed E-state index contributed by atoms with van der Waals surface area (Å²) >= 11 is 6.15. The SMILES string of the molecule is CN1CC[C@H](Oc2cc(NS(=O)(=O)c3cccc(F)c3)ccc2Cl)C1. The summed E-state index contributed by atoms with van der Waals surface area (Å²) in [5.41, 5.74) is 0.301. The van der Waals surface area contributed by atoms with Crippen molar-refractivity contribution < 1.29 is 17.5 Å². The van der Waals surface area contributed by atoms with E-state index in [0.717, 1.165) is 25.6 Å². The van der Waals surface area contributed by atoms with E-state index in [1.165, 1.54) is 30.3 Å². The van der Waals surface area contributed by atoms with Gasteiger partial charge in [-0.15, -0.1) is 0 Å². The Hall–Kier alpha value is -1.83. The normalized spacial score (nSPS) is 18.3. The molecule has 1 atom stereocenters. The average molecular weight is 385 g/mol. The van der Waals surface area contributed by atoms with Crippen LogP contribution in [-0.4, -0.2) is 39.6 Å². The van der Waals surface area contributed by atoms with Crippen LogP contribution < -0.4 is 9.46 Å². The lowest BCUT2D eigenvalue weighted by molar-refractivity contribution is 0.208. The van der Waals surface area contributed by atoms with Crippen LogP contribution in [0.4, 0.5) is 10.1 Å². The maximum Gasteiger partial charge on any atom is 0.261 e. The van der Waals surface area contributed by atoms with Gasteiger partial charge in [0.25, 0.3) is 10.0 Å².